The first kappa shape index (κ1) is 15.1. The van der Waals surface area contributed by atoms with E-state index < -0.39 is 17.6 Å². The number of fused-ring (bicyclic) bond motifs is 1. The van der Waals surface area contributed by atoms with Crippen molar-refractivity contribution in [2.75, 3.05) is 16.8 Å². The summed E-state index contributed by atoms with van der Waals surface area (Å²) in [5.74, 6) is -1.50. The summed E-state index contributed by atoms with van der Waals surface area (Å²) in [5.41, 5.74) is 1.24. The van der Waals surface area contributed by atoms with Crippen LogP contribution in [0.3, 0.4) is 0 Å². The van der Waals surface area contributed by atoms with Gasteiger partial charge in [0.15, 0.2) is 0 Å². The standard InChI is InChI=1S/C16H15FN4O2/c1-2-13-18-8-11(9-19-13)20-15(22)16(23)21-7-6-10-4-3-5-12(17)14(10)21/h3-5,8-9H,2,6-7H2,1H3,(H,20,22). The van der Waals surface area contributed by atoms with Crippen LogP contribution in [0.25, 0.3) is 0 Å². The number of nitrogens with zero attached hydrogens (tertiary/aromatic N) is 3. The quantitative estimate of drug-likeness (QED) is 0.856. The van der Waals surface area contributed by atoms with E-state index in [0.29, 0.717) is 24.4 Å². The first-order chi connectivity index (χ1) is 11.1. The van der Waals surface area contributed by atoms with Gasteiger partial charge in [-0.2, -0.15) is 0 Å². The number of carbonyl (C=O) groups is 2. The Bertz CT molecular complexity index is 761. The van der Waals surface area contributed by atoms with E-state index >= 15 is 0 Å². The summed E-state index contributed by atoms with van der Waals surface area (Å²) in [5, 5.41) is 2.44. The number of aromatic nitrogens is 2. The second-order valence-corrected chi connectivity index (χ2v) is 5.15. The second kappa shape index (κ2) is 6.12. The maximum Gasteiger partial charge on any atom is 0.316 e. The molecule has 0 fully saturated rings. The van der Waals surface area contributed by atoms with Crippen LogP contribution in [0, 0.1) is 5.82 Å². The Morgan fingerprint density at radius 3 is 2.74 bits per heavy atom. The second-order valence-electron chi connectivity index (χ2n) is 5.15. The van der Waals surface area contributed by atoms with Gasteiger partial charge < -0.3 is 10.2 Å². The zero-order valence-electron chi connectivity index (χ0n) is 12.5. The Labute approximate surface area is 132 Å². The molecule has 7 heteroatoms. The fourth-order valence-electron chi connectivity index (χ4n) is 2.52. The number of hydrogen-bond donors (Lipinski definition) is 1. The summed E-state index contributed by atoms with van der Waals surface area (Å²) >= 11 is 0. The van der Waals surface area contributed by atoms with Gasteiger partial charge in [-0.25, -0.2) is 14.4 Å². The Morgan fingerprint density at radius 1 is 1.30 bits per heavy atom. The lowest BCUT2D eigenvalue weighted by Gasteiger charge is -2.17. The third-order valence-corrected chi connectivity index (χ3v) is 3.66. The van der Waals surface area contributed by atoms with Crippen molar-refractivity contribution < 1.29 is 14.0 Å². The first-order valence-electron chi connectivity index (χ1n) is 7.31. The molecule has 0 radical (unpaired) electrons. The van der Waals surface area contributed by atoms with Gasteiger partial charge >= 0.3 is 11.8 Å². The number of aryl methyl sites for hydroxylation is 1. The van der Waals surface area contributed by atoms with Crippen molar-refractivity contribution in [2.24, 2.45) is 0 Å². The third kappa shape index (κ3) is 2.90. The number of halogens is 1. The molecule has 0 spiro atoms. The smallest absolute Gasteiger partial charge is 0.315 e. The van der Waals surface area contributed by atoms with Gasteiger partial charge in [0.2, 0.25) is 0 Å². The number of hydrogen-bond acceptors (Lipinski definition) is 4. The topological polar surface area (TPSA) is 75.2 Å². The van der Waals surface area contributed by atoms with Crippen LogP contribution in [0.5, 0.6) is 0 Å². The number of amides is 2. The Balaban J connectivity index is 1.75. The Morgan fingerprint density at radius 2 is 2.04 bits per heavy atom. The van der Waals surface area contributed by atoms with E-state index in [0.717, 1.165) is 5.56 Å². The molecule has 1 aromatic carbocycles. The van der Waals surface area contributed by atoms with Crippen molar-refractivity contribution in [2.45, 2.75) is 19.8 Å². The molecule has 2 aromatic rings. The molecule has 0 atom stereocenters. The molecule has 0 aliphatic carbocycles. The third-order valence-electron chi connectivity index (χ3n) is 3.66. The lowest BCUT2D eigenvalue weighted by molar-refractivity contribution is -0.134. The largest absolute Gasteiger partial charge is 0.316 e. The fourth-order valence-corrected chi connectivity index (χ4v) is 2.52. The molecule has 23 heavy (non-hydrogen) atoms. The molecule has 1 aliphatic rings. The zero-order chi connectivity index (χ0) is 16.4. The minimum absolute atomic E-state index is 0.185. The van der Waals surface area contributed by atoms with E-state index in [9.17, 15) is 14.0 Å². The molecular weight excluding hydrogens is 299 g/mol. The van der Waals surface area contributed by atoms with Gasteiger partial charge in [-0.05, 0) is 18.1 Å². The van der Waals surface area contributed by atoms with Crippen molar-refractivity contribution in [1.82, 2.24) is 9.97 Å². The highest BCUT2D eigenvalue weighted by Crippen LogP contribution is 2.30. The molecule has 1 aromatic heterocycles. The highest BCUT2D eigenvalue weighted by atomic mass is 19.1. The predicted octanol–water partition coefficient (Wildman–Crippen LogP) is 1.71. The van der Waals surface area contributed by atoms with Crippen molar-refractivity contribution in [3.05, 3.63) is 47.8 Å². The van der Waals surface area contributed by atoms with Gasteiger partial charge in [0.05, 0.1) is 23.8 Å². The molecule has 0 saturated heterocycles. The summed E-state index contributed by atoms with van der Waals surface area (Å²) < 4.78 is 13.9. The van der Waals surface area contributed by atoms with Crippen molar-refractivity contribution >= 4 is 23.2 Å². The van der Waals surface area contributed by atoms with E-state index in [1.165, 1.54) is 23.4 Å². The maximum atomic E-state index is 13.9. The molecule has 0 unspecified atom stereocenters. The number of carbonyl (C=O) groups excluding carboxylic acids is 2. The van der Waals surface area contributed by atoms with Crippen molar-refractivity contribution in [3.63, 3.8) is 0 Å². The average molecular weight is 314 g/mol. The zero-order valence-corrected chi connectivity index (χ0v) is 12.5. The normalized spacial score (nSPS) is 12.9. The van der Waals surface area contributed by atoms with E-state index in [2.05, 4.69) is 15.3 Å². The predicted molar refractivity (Wildman–Crippen MR) is 82.5 cm³/mol. The molecular formula is C16H15FN4O2. The summed E-state index contributed by atoms with van der Waals surface area (Å²) in [6, 6.07) is 4.62. The first-order valence-corrected chi connectivity index (χ1v) is 7.31. The molecule has 118 valence electrons. The van der Waals surface area contributed by atoms with Crippen LogP contribution in [0.4, 0.5) is 15.8 Å². The lowest BCUT2D eigenvalue weighted by atomic mass is 10.1. The summed E-state index contributed by atoms with van der Waals surface area (Å²) in [6.45, 7) is 2.20. The fraction of sp³-hybridized carbons (Fsp3) is 0.250. The van der Waals surface area contributed by atoms with Crippen LogP contribution >= 0.6 is 0 Å². The SMILES string of the molecule is CCc1ncc(NC(=O)C(=O)N2CCc3cccc(F)c32)cn1. The number of anilines is 2. The Hall–Kier alpha value is -2.83. The van der Waals surface area contributed by atoms with Gasteiger partial charge in [0.1, 0.15) is 11.6 Å². The van der Waals surface area contributed by atoms with Gasteiger partial charge in [0, 0.05) is 13.0 Å². The van der Waals surface area contributed by atoms with Crippen LogP contribution in [0.1, 0.15) is 18.3 Å². The Kier molecular flexibility index (Phi) is 4.01. The molecule has 0 bridgehead atoms. The number of benzene rings is 1. The summed E-state index contributed by atoms with van der Waals surface area (Å²) in [4.78, 5) is 33.6. The van der Waals surface area contributed by atoms with Crippen LogP contribution < -0.4 is 10.2 Å². The molecule has 2 amide bonds. The van der Waals surface area contributed by atoms with Gasteiger partial charge in [-0.3, -0.25) is 9.59 Å². The van der Waals surface area contributed by atoms with Crippen LogP contribution in [0.2, 0.25) is 0 Å². The maximum absolute atomic E-state index is 13.9. The van der Waals surface area contributed by atoms with Crippen LogP contribution in [-0.4, -0.2) is 28.3 Å². The van der Waals surface area contributed by atoms with E-state index in [-0.39, 0.29) is 12.2 Å². The molecule has 1 N–H and O–H groups in total. The van der Waals surface area contributed by atoms with Crippen molar-refractivity contribution in [1.29, 1.82) is 0 Å². The van der Waals surface area contributed by atoms with Crippen LogP contribution in [0.15, 0.2) is 30.6 Å². The molecule has 1 aliphatic heterocycles. The van der Waals surface area contributed by atoms with E-state index in [4.69, 9.17) is 0 Å². The highest BCUT2D eigenvalue weighted by molar-refractivity contribution is 6.44. The summed E-state index contributed by atoms with van der Waals surface area (Å²) in [7, 11) is 0. The van der Waals surface area contributed by atoms with Gasteiger partial charge in [0.25, 0.3) is 0 Å². The van der Waals surface area contributed by atoms with E-state index in [1.807, 2.05) is 6.92 Å². The average Bonchev–Trinajstić information content (AvgIpc) is 3.00. The molecule has 0 saturated carbocycles. The highest BCUT2D eigenvalue weighted by Gasteiger charge is 2.31. The molecule has 6 nitrogen and oxygen atoms in total. The van der Waals surface area contributed by atoms with Crippen molar-refractivity contribution in [3.8, 4) is 0 Å². The lowest BCUT2D eigenvalue weighted by Crippen LogP contribution is -2.39. The number of nitrogens with one attached hydrogen (secondary N) is 1. The monoisotopic (exact) mass is 314 g/mol. The molecule has 3 rings (SSSR count). The number of para-hydroxylation sites is 1. The van der Waals surface area contributed by atoms with Gasteiger partial charge in [-0.15, -0.1) is 0 Å². The van der Waals surface area contributed by atoms with Gasteiger partial charge in [-0.1, -0.05) is 19.1 Å². The minimum atomic E-state index is -0.839. The number of rotatable bonds is 2. The summed E-state index contributed by atoms with van der Waals surface area (Å²) in [6.07, 6.45) is 4.09. The van der Waals surface area contributed by atoms with Crippen LogP contribution in [-0.2, 0) is 22.4 Å². The minimum Gasteiger partial charge on any atom is -0.315 e. The molecule has 2 heterocycles. The van der Waals surface area contributed by atoms with E-state index in [1.54, 1.807) is 12.1 Å².